The van der Waals surface area contributed by atoms with E-state index in [1.807, 2.05) is 26.0 Å². The molecule has 0 heterocycles. The van der Waals surface area contributed by atoms with Crippen molar-refractivity contribution < 1.29 is 14.6 Å². The summed E-state index contributed by atoms with van der Waals surface area (Å²) in [6, 6.07) is 8.26. The predicted octanol–water partition coefficient (Wildman–Crippen LogP) is 3.25. The Kier molecular flexibility index (Phi) is 5.58. The number of non-ortho nitro benzene ring substituents is 2. The Balaban J connectivity index is 2.19. The minimum Gasteiger partial charge on any atom is -0.332 e. The van der Waals surface area contributed by atoms with Gasteiger partial charge in [0.25, 0.3) is 17.3 Å². The highest BCUT2D eigenvalue weighted by Gasteiger charge is 2.20. The van der Waals surface area contributed by atoms with Crippen LogP contribution in [0.1, 0.15) is 21.5 Å². The Morgan fingerprint density at radius 2 is 1.58 bits per heavy atom. The normalized spacial score (nSPS) is 10.1. The molecular formula is C16H14N4O5S. The maximum Gasteiger partial charge on any atom is 0.277 e. The Morgan fingerprint density at radius 3 is 2.08 bits per heavy atom. The Labute approximate surface area is 153 Å². The molecule has 26 heavy (non-hydrogen) atoms. The largest absolute Gasteiger partial charge is 0.332 e. The van der Waals surface area contributed by atoms with Crippen LogP contribution in [0.2, 0.25) is 0 Å². The molecule has 0 unspecified atom stereocenters. The molecule has 2 aromatic rings. The Hall–Kier alpha value is -3.40. The smallest absolute Gasteiger partial charge is 0.277 e. The van der Waals surface area contributed by atoms with E-state index in [1.54, 1.807) is 6.07 Å². The molecule has 0 aliphatic heterocycles. The van der Waals surface area contributed by atoms with E-state index in [1.165, 1.54) is 0 Å². The summed E-state index contributed by atoms with van der Waals surface area (Å²) in [5, 5.41) is 27.0. The van der Waals surface area contributed by atoms with Gasteiger partial charge >= 0.3 is 0 Å². The third-order valence-corrected chi connectivity index (χ3v) is 3.65. The van der Waals surface area contributed by atoms with Crippen LogP contribution in [0.5, 0.6) is 0 Å². The van der Waals surface area contributed by atoms with Crippen molar-refractivity contribution in [3.05, 3.63) is 73.3 Å². The zero-order valence-corrected chi connectivity index (χ0v) is 14.6. The summed E-state index contributed by atoms with van der Waals surface area (Å²) in [5.41, 5.74) is 1.30. The highest BCUT2D eigenvalue weighted by atomic mass is 32.1. The molecule has 2 aromatic carbocycles. The fourth-order valence-corrected chi connectivity index (χ4v) is 2.42. The molecule has 0 aromatic heterocycles. The number of nitro benzene ring substituents is 2. The van der Waals surface area contributed by atoms with E-state index < -0.39 is 27.1 Å². The molecule has 0 saturated heterocycles. The van der Waals surface area contributed by atoms with Crippen molar-refractivity contribution in [1.82, 2.24) is 5.32 Å². The molecule has 0 aliphatic carbocycles. The molecule has 0 atom stereocenters. The van der Waals surface area contributed by atoms with Gasteiger partial charge in [-0.05, 0) is 37.7 Å². The fourth-order valence-electron chi connectivity index (χ4n) is 2.22. The number of nitro groups is 2. The van der Waals surface area contributed by atoms with Crippen LogP contribution in [-0.2, 0) is 0 Å². The van der Waals surface area contributed by atoms with Crippen LogP contribution in [0.15, 0.2) is 36.4 Å². The van der Waals surface area contributed by atoms with Crippen molar-refractivity contribution in [3.63, 3.8) is 0 Å². The van der Waals surface area contributed by atoms with Gasteiger partial charge in [0.15, 0.2) is 5.11 Å². The molecular weight excluding hydrogens is 360 g/mol. The number of rotatable bonds is 4. The van der Waals surface area contributed by atoms with E-state index in [4.69, 9.17) is 12.2 Å². The summed E-state index contributed by atoms with van der Waals surface area (Å²) >= 11 is 5.06. The van der Waals surface area contributed by atoms with Crippen LogP contribution >= 0.6 is 12.2 Å². The lowest BCUT2D eigenvalue weighted by molar-refractivity contribution is -0.394. The summed E-state index contributed by atoms with van der Waals surface area (Å²) in [6.07, 6.45) is 0. The second-order valence-corrected chi connectivity index (χ2v) is 5.89. The van der Waals surface area contributed by atoms with E-state index in [0.29, 0.717) is 5.69 Å². The zero-order valence-electron chi connectivity index (χ0n) is 13.8. The highest BCUT2D eigenvalue weighted by molar-refractivity contribution is 7.80. The molecule has 0 fully saturated rings. The first-order valence-corrected chi connectivity index (χ1v) is 7.71. The van der Waals surface area contributed by atoms with Crippen molar-refractivity contribution in [2.45, 2.75) is 13.8 Å². The van der Waals surface area contributed by atoms with Crippen LogP contribution in [0, 0.1) is 34.1 Å². The number of nitrogens with zero attached hydrogens (tertiary/aromatic N) is 2. The van der Waals surface area contributed by atoms with E-state index in [9.17, 15) is 25.0 Å². The number of benzene rings is 2. The van der Waals surface area contributed by atoms with E-state index >= 15 is 0 Å². The molecule has 0 bridgehead atoms. The average molecular weight is 374 g/mol. The van der Waals surface area contributed by atoms with Gasteiger partial charge in [0.2, 0.25) is 0 Å². The fraction of sp³-hybridized carbons (Fsp3) is 0.125. The number of amides is 1. The number of anilines is 1. The third kappa shape index (κ3) is 4.57. The molecule has 134 valence electrons. The quantitative estimate of drug-likeness (QED) is 0.477. The third-order valence-electron chi connectivity index (χ3n) is 3.44. The van der Waals surface area contributed by atoms with Gasteiger partial charge in [0.05, 0.1) is 21.5 Å². The van der Waals surface area contributed by atoms with Crippen LogP contribution < -0.4 is 10.6 Å². The molecule has 0 saturated carbocycles. The second-order valence-electron chi connectivity index (χ2n) is 5.48. The van der Waals surface area contributed by atoms with Gasteiger partial charge in [-0.15, -0.1) is 0 Å². The lowest BCUT2D eigenvalue weighted by Crippen LogP contribution is -2.34. The van der Waals surface area contributed by atoms with Gasteiger partial charge in [0.1, 0.15) is 0 Å². The molecule has 1 amide bonds. The summed E-state index contributed by atoms with van der Waals surface area (Å²) < 4.78 is 0. The highest BCUT2D eigenvalue weighted by Crippen LogP contribution is 2.22. The zero-order chi connectivity index (χ0) is 19.4. The minimum absolute atomic E-state index is 0.0314. The molecule has 0 aliphatic rings. The maximum absolute atomic E-state index is 12.3. The Bertz CT molecular complexity index is 897. The van der Waals surface area contributed by atoms with Gasteiger partial charge in [-0.3, -0.25) is 30.3 Å². The lowest BCUT2D eigenvalue weighted by Gasteiger charge is -2.12. The maximum atomic E-state index is 12.3. The number of nitrogens with one attached hydrogen (secondary N) is 2. The first-order valence-electron chi connectivity index (χ1n) is 7.31. The van der Waals surface area contributed by atoms with Crippen LogP contribution in [0.3, 0.4) is 0 Å². The molecule has 0 spiro atoms. The standard InChI is InChI=1S/C16H14N4O5S/c1-9-3-4-14(10(2)5-9)17-16(26)18-15(21)11-6-12(19(22)23)8-13(7-11)20(24)25/h3-8H,1-2H3,(H2,17,18,21,26). The monoisotopic (exact) mass is 374 g/mol. The van der Waals surface area contributed by atoms with Gasteiger partial charge in [-0.1, -0.05) is 17.7 Å². The van der Waals surface area contributed by atoms with Crippen LogP contribution in [-0.4, -0.2) is 20.9 Å². The molecule has 10 heteroatoms. The number of hydrogen-bond acceptors (Lipinski definition) is 6. The molecule has 9 nitrogen and oxygen atoms in total. The van der Waals surface area contributed by atoms with Crippen molar-refractivity contribution in [2.75, 3.05) is 5.32 Å². The van der Waals surface area contributed by atoms with Gasteiger partial charge < -0.3 is 5.32 Å². The topological polar surface area (TPSA) is 127 Å². The molecule has 2 rings (SSSR count). The van der Waals surface area contributed by atoms with Crippen molar-refractivity contribution in [1.29, 1.82) is 0 Å². The summed E-state index contributed by atoms with van der Waals surface area (Å²) in [4.78, 5) is 32.4. The summed E-state index contributed by atoms with van der Waals surface area (Å²) in [5.74, 6) is -0.793. The summed E-state index contributed by atoms with van der Waals surface area (Å²) in [6.45, 7) is 3.80. The lowest BCUT2D eigenvalue weighted by atomic mass is 10.1. The Morgan fingerprint density at radius 1 is 1.00 bits per heavy atom. The number of carbonyl (C=O) groups excluding carboxylic acids is 1. The van der Waals surface area contributed by atoms with Crippen molar-refractivity contribution in [2.24, 2.45) is 0 Å². The summed E-state index contributed by atoms with van der Waals surface area (Å²) in [7, 11) is 0. The van der Waals surface area contributed by atoms with Crippen molar-refractivity contribution in [3.8, 4) is 0 Å². The molecule has 0 radical (unpaired) electrons. The number of thiocarbonyl (C=S) groups is 1. The van der Waals surface area contributed by atoms with Gasteiger partial charge in [-0.2, -0.15) is 0 Å². The van der Waals surface area contributed by atoms with Crippen LogP contribution in [0.4, 0.5) is 17.1 Å². The average Bonchev–Trinajstić information content (AvgIpc) is 2.56. The number of hydrogen-bond donors (Lipinski definition) is 2. The van der Waals surface area contributed by atoms with Gasteiger partial charge in [-0.25, -0.2) is 0 Å². The van der Waals surface area contributed by atoms with E-state index in [0.717, 1.165) is 29.3 Å². The second kappa shape index (κ2) is 7.66. The number of aryl methyl sites for hydroxylation is 2. The van der Waals surface area contributed by atoms with E-state index in [-0.39, 0.29) is 10.7 Å². The first-order chi connectivity index (χ1) is 12.2. The number of carbonyl (C=O) groups is 1. The molecule has 2 N–H and O–H groups in total. The SMILES string of the molecule is Cc1ccc(NC(=S)NC(=O)c2cc([N+](=O)[O-])cc([N+](=O)[O-])c2)c(C)c1. The minimum atomic E-state index is -0.810. The van der Waals surface area contributed by atoms with Crippen molar-refractivity contribution >= 4 is 40.3 Å². The van der Waals surface area contributed by atoms with Gasteiger partial charge in [0, 0.05) is 17.8 Å². The predicted molar refractivity (Wildman–Crippen MR) is 99.4 cm³/mol. The van der Waals surface area contributed by atoms with E-state index in [2.05, 4.69) is 10.6 Å². The van der Waals surface area contributed by atoms with Crippen LogP contribution in [0.25, 0.3) is 0 Å². The first kappa shape index (κ1) is 18.9.